The molecule has 4 nitrogen and oxygen atoms in total. The van der Waals surface area contributed by atoms with Crippen LogP contribution >= 0.6 is 0 Å². The summed E-state index contributed by atoms with van der Waals surface area (Å²) in [6, 6.07) is 8.31. The van der Waals surface area contributed by atoms with Crippen LogP contribution in [0.15, 0.2) is 30.5 Å². The highest BCUT2D eigenvalue weighted by molar-refractivity contribution is 5.90. The predicted octanol–water partition coefficient (Wildman–Crippen LogP) is 3.19. The van der Waals surface area contributed by atoms with E-state index in [1.807, 2.05) is 10.9 Å². The minimum atomic E-state index is 0.869. The van der Waals surface area contributed by atoms with Crippen LogP contribution in [0.1, 0.15) is 29.7 Å². The molecule has 1 aromatic carbocycles. The molecular weight excluding hydrogens is 260 g/mol. The van der Waals surface area contributed by atoms with Gasteiger partial charge in [-0.2, -0.15) is 5.10 Å². The maximum Gasteiger partial charge on any atom is 0.165 e. The maximum atomic E-state index is 6.36. The third-order valence-corrected chi connectivity index (χ3v) is 4.32. The minimum Gasteiger partial charge on any atom is -0.398 e. The smallest absolute Gasteiger partial charge is 0.165 e. The number of aromatic nitrogens is 3. The van der Waals surface area contributed by atoms with Crippen LogP contribution in [-0.2, 0) is 12.8 Å². The van der Waals surface area contributed by atoms with Crippen LogP contribution in [0.4, 0.5) is 5.69 Å². The van der Waals surface area contributed by atoms with Crippen LogP contribution in [0, 0.1) is 6.92 Å². The summed E-state index contributed by atoms with van der Waals surface area (Å²) in [6.45, 7) is 2.08. The molecule has 2 N–H and O–H groups in total. The van der Waals surface area contributed by atoms with Crippen LogP contribution < -0.4 is 5.73 Å². The third kappa shape index (κ3) is 1.90. The van der Waals surface area contributed by atoms with Crippen LogP contribution in [0.3, 0.4) is 0 Å². The molecule has 0 bridgehead atoms. The topological polar surface area (TPSA) is 56.7 Å². The van der Waals surface area contributed by atoms with Gasteiger partial charge in [0.05, 0.1) is 17.3 Å². The van der Waals surface area contributed by atoms with Crippen LogP contribution in [0.5, 0.6) is 0 Å². The highest BCUT2D eigenvalue weighted by Crippen LogP contribution is 2.31. The molecule has 0 atom stereocenters. The molecule has 2 heterocycles. The van der Waals surface area contributed by atoms with E-state index in [0.29, 0.717) is 0 Å². The summed E-state index contributed by atoms with van der Waals surface area (Å²) in [5.41, 5.74) is 12.8. The normalized spacial score (nSPS) is 14.3. The summed E-state index contributed by atoms with van der Waals surface area (Å²) < 4.78 is 1.89. The number of aryl methyl sites for hydroxylation is 2. The van der Waals surface area contributed by atoms with Crippen molar-refractivity contribution in [1.82, 2.24) is 14.8 Å². The number of hydrogen-bond donors (Lipinski definition) is 1. The van der Waals surface area contributed by atoms with Crippen LogP contribution in [0.25, 0.3) is 16.7 Å². The number of fused-ring (bicyclic) bond motifs is 2. The molecular formula is C17H18N4. The molecule has 0 radical (unpaired) electrons. The first-order valence-electron chi connectivity index (χ1n) is 7.46. The number of anilines is 1. The average Bonchev–Trinajstić information content (AvgIpc) is 2.92. The van der Waals surface area contributed by atoms with E-state index in [-0.39, 0.29) is 0 Å². The SMILES string of the molecule is Cc1ccc(-n2ncc3c(N)c4c(nc32)CCCC4)cc1. The van der Waals surface area contributed by atoms with Gasteiger partial charge in [0.1, 0.15) is 0 Å². The molecule has 0 amide bonds. The number of nitrogen functional groups attached to an aromatic ring is 1. The molecule has 4 heteroatoms. The van der Waals surface area contributed by atoms with Crippen molar-refractivity contribution in [2.75, 3.05) is 5.73 Å². The Hall–Kier alpha value is -2.36. The van der Waals surface area contributed by atoms with E-state index in [0.717, 1.165) is 40.9 Å². The fraction of sp³-hybridized carbons (Fsp3) is 0.294. The van der Waals surface area contributed by atoms with Crippen molar-refractivity contribution in [1.29, 1.82) is 0 Å². The Bertz CT molecular complexity index is 815. The fourth-order valence-electron chi connectivity index (χ4n) is 3.11. The average molecular weight is 278 g/mol. The van der Waals surface area contributed by atoms with Crippen LogP contribution in [-0.4, -0.2) is 14.8 Å². The Kier molecular flexibility index (Phi) is 2.70. The van der Waals surface area contributed by atoms with Gasteiger partial charge in [0.2, 0.25) is 0 Å². The van der Waals surface area contributed by atoms with Crippen LogP contribution in [0.2, 0.25) is 0 Å². The van der Waals surface area contributed by atoms with Gasteiger partial charge in [-0.25, -0.2) is 9.67 Å². The first kappa shape index (κ1) is 12.4. The zero-order chi connectivity index (χ0) is 14.4. The van der Waals surface area contributed by atoms with Crippen molar-refractivity contribution in [2.24, 2.45) is 0 Å². The number of rotatable bonds is 1. The number of hydrogen-bond acceptors (Lipinski definition) is 3. The molecule has 0 aliphatic heterocycles. The van der Waals surface area contributed by atoms with E-state index >= 15 is 0 Å². The zero-order valence-corrected chi connectivity index (χ0v) is 12.1. The van der Waals surface area contributed by atoms with Crippen molar-refractivity contribution < 1.29 is 0 Å². The van der Waals surface area contributed by atoms with Crippen molar-refractivity contribution in [3.8, 4) is 5.69 Å². The van der Waals surface area contributed by atoms with Crippen molar-refractivity contribution >= 4 is 16.7 Å². The zero-order valence-electron chi connectivity index (χ0n) is 12.1. The van der Waals surface area contributed by atoms with E-state index in [9.17, 15) is 0 Å². The first-order valence-corrected chi connectivity index (χ1v) is 7.46. The highest BCUT2D eigenvalue weighted by atomic mass is 15.3. The van der Waals surface area contributed by atoms with E-state index in [1.165, 1.54) is 24.0 Å². The molecule has 4 rings (SSSR count). The van der Waals surface area contributed by atoms with E-state index in [4.69, 9.17) is 10.7 Å². The maximum absolute atomic E-state index is 6.36. The molecule has 0 saturated heterocycles. The van der Waals surface area contributed by atoms with Gasteiger partial charge in [-0.05, 0) is 50.3 Å². The van der Waals surface area contributed by atoms with Crippen molar-refractivity contribution in [2.45, 2.75) is 32.6 Å². The minimum absolute atomic E-state index is 0.869. The lowest BCUT2D eigenvalue weighted by molar-refractivity contribution is 0.671. The lowest BCUT2D eigenvalue weighted by atomic mass is 9.94. The van der Waals surface area contributed by atoms with E-state index < -0.39 is 0 Å². The van der Waals surface area contributed by atoms with Gasteiger partial charge in [-0.15, -0.1) is 0 Å². The molecule has 0 fully saturated rings. The lowest BCUT2D eigenvalue weighted by Crippen LogP contribution is -2.10. The Morgan fingerprint density at radius 3 is 2.67 bits per heavy atom. The number of benzene rings is 1. The van der Waals surface area contributed by atoms with Gasteiger partial charge >= 0.3 is 0 Å². The molecule has 0 spiro atoms. The Balaban J connectivity index is 1.95. The van der Waals surface area contributed by atoms with Gasteiger partial charge in [0.25, 0.3) is 0 Å². The lowest BCUT2D eigenvalue weighted by Gasteiger charge is -2.17. The summed E-state index contributed by atoms with van der Waals surface area (Å²) in [6.07, 6.45) is 6.31. The quantitative estimate of drug-likeness (QED) is 0.743. The molecule has 3 aromatic rings. The second-order valence-corrected chi connectivity index (χ2v) is 5.79. The first-order chi connectivity index (χ1) is 10.2. The van der Waals surface area contributed by atoms with Crippen molar-refractivity contribution in [3.63, 3.8) is 0 Å². The highest BCUT2D eigenvalue weighted by Gasteiger charge is 2.19. The van der Waals surface area contributed by atoms with Gasteiger partial charge in [-0.1, -0.05) is 17.7 Å². The third-order valence-electron chi connectivity index (χ3n) is 4.32. The summed E-state index contributed by atoms with van der Waals surface area (Å²) in [7, 11) is 0. The van der Waals surface area contributed by atoms with Gasteiger partial charge < -0.3 is 5.73 Å². The molecule has 106 valence electrons. The molecule has 1 aliphatic carbocycles. The predicted molar refractivity (Wildman–Crippen MR) is 84.7 cm³/mol. The Labute approximate surface area is 123 Å². The molecule has 2 aromatic heterocycles. The van der Waals surface area contributed by atoms with Gasteiger partial charge in [0, 0.05) is 11.4 Å². The second kappa shape index (κ2) is 4.58. The number of nitrogens with zero attached hydrogens (tertiary/aromatic N) is 3. The molecule has 0 unspecified atom stereocenters. The van der Waals surface area contributed by atoms with Gasteiger partial charge in [-0.3, -0.25) is 0 Å². The second-order valence-electron chi connectivity index (χ2n) is 5.79. The fourth-order valence-corrected chi connectivity index (χ4v) is 3.11. The Morgan fingerprint density at radius 2 is 1.86 bits per heavy atom. The van der Waals surface area contributed by atoms with E-state index in [2.05, 4.69) is 36.3 Å². The number of pyridine rings is 1. The molecule has 1 aliphatic rings. The number of nitrogens with two attached hydrogens (primary N) is 1. The Morgan fingerprint density at radius 1 is 1.10 bits per heavy atom. The summed E-state index contributed by atoms with van der Waals surface area (Å²) in [5, 5.41) is 5.47. The summed E-state index contributed by atoms with van der Waals surface area (Å²) in [5.74, 6) is 0. The standard InChI is InChI=1S/C17H18N4/c1-11-6-8-12(9-7-11)21-17-14(10-19-21)16(18)13-4-2-3-5-15(13)20-17/h6-10H,2-5H2,1H3,(H2,18,20). The summed E-state index contributed by atoms with van der Waals surface area (Å²) >= 11 is 0. The van der Waals surface area contributed by atoms with E-state index in [1.54, 1.807) is 0 Å². The van der Waals surface area contributed by atoms with Gasteiger partial charge in [0.15, 0.2) is 5.65 Å². The monoisotopic (exact) mass is 278 g/mol. The van der Waals surface area contributed by atoms with Crippen molar-refractivity contribution in [3.05, 3.63) is 47.3 Å². The summed E-state index contributed by atoms with van der Waals surface area (Å²) in [4.78, 5) is 4.86. The largest absolute Gasteiger partial charge is 0.398 e. The molecule has 21 heavy (non-hydrogen) atoms. The molecule has 0 saturated carbocycles.